The predicted molar refractivity (Wildman–Crippen MR) is 109 cm³/mol. The van der Waals surface area contributed by atoms with Gasteiger partial charge in [-0.2, -0.15) is 0 Å². The zero-order valence-electron chi connectivity index (χ0n) is 15.7. The fourth-order valence-corrected chi connectivity index (χ4v) is 4.23. The van der Waals surface area contributed by atoms with Crippen molar-refractivity contribution in [2.24, 2.45) is 0 Å². The van der Waals surface area contributed by atoms with Gasteiger partial charge in [-0.05, 0) is 29.7 Å². The van der Waals surface area contributed by atoms with Gasteiger partial charge in [0.05, 0.1) is 11.6 Å². The van der Waals surface area contributed by atoms with Crippen LogP contribution >= 0.6 is 0 Å². The lowest BCUT2D eigenvalue weighted by molar-refractivity contribution is -0.134. The van der Waals surface area contributed by atoms with Crippen molar-refractivity contribution in [3.63, 3.8) is 0 Å². The number of hydrogen-bond acceptors (Lipinski definition) is 5. The molecule has 1 N–H and O–H groups in total. The van der Waals surface area contributed by atoms with Crippen molar-refractivity contribution in [3.05, 3.63) is 66.0 Å². The van der Waals surface area contributed by atoms with Gasteiger partial charge in [-0.25, -0.2) is 9.97 Å². The van der Waals surface area contributed by atoms with Crippen LogP contribution in [0.4, 0.5) is 5.82 Å². The number of nitrogens with one attached hydrogen (secondary N) is 1. The van der Waals surface area contributed by atoms with Gasteiger partial charge in [-0.15, -0.1) is 0 Å². The normalized spacial score (nSPS) is 19.5. The fraction of sp³-hybridized carbons (Fsp3) is 0.318. The van der Waals surface area contributed by atoms with E-state index in [1.165, 1.54) is 11.1 Å². The molecule has 1 atom stereocenters. The first-order valence-corrected chi connectivity index (χ1v) is 9.83. The van der Waals surface area contributed by atoms with E-state index >= 15 is 0 Å². The van der Waals surface area contributed by atoms with E-state index in [2.05, 4.69) is 50.5 Å². The highest BCUT2D eigenvalue weighted by Gasteiger charge is 2.30. The second-order valence-corrected chi connectivity index (χ2v) is 7.43. The molecule has 6 nitrogen and oxygen atoms in total. The number of fused-ring (bicyclic) bond motifs is 2. The average Bonchev–Trinajstić information content (AvgIpc) is 2.78. The van der Waals surface area contributed by atoms with Gasteiger partial charge in [0.25, 0.3) is 0 Å². The van der Waals surface area contributed by atoms with Crippen LogP contribution < -0.4 is 10.2 Å². The van der Waals surface area contributed by atoms with E-state index in [4.69, 9.17) is 0 Å². The predicted octanol–water partition coefficient (Wildman–Crippen LogP) is 1.99. The number of hydrogen-bond donors (Lipinski definition) is 1. The third kappa shape index (κ3) is 3.10. The summed E-state index contributed by atoms with van der Waals surface area (Å²) < 4.78 is 0. The number of rotatable bonds is 2. The van der Waals surface area contributed by atoms with E-state index < -0.39 is 0 Å². The van der Waals surface area contributed by atoms with Gasteiger partial charge in [-0.3, -0.25) is 4.79 Å². The van der Waals surface area contributed by atoms with Gasteiger partial charge in [0.2, 0.25) is 5.91 Å². The second kappa shape index (κ2) is 7.20. The lowest BCUT2D eigenvalue weighted by atomic mass is 9.95. The van der Waals surface area contributed by atoms with Crippen LogP contribution in [0.25, 0.3) is 10.9 Å². The Morgan fingerprint density at radius 2 is 1.68 bits per heavy atom. The molecule has 5 rings (SSSR count). The Hall–Kier alpha value is -2.99. The maximum atomic E-state index is 13.0. The number of benzene rings is 2. The Morgan fingerprint density at radius 1 is 0.929 bits per heavy atom. The molecule has 1 amide bonds. The first-order chi connectivity index (χ1) is 13.8. The Morgan fingerprint density at radius 3 is 2.54 bits per heavy atom. The maximum absolute atomic E-state index is 13.0. The lowest BCUT2D eigenvalue weighted by Gasteiger charge is -2.38. The van der Waals surface area contributed by atoms with Crippen molar-refractivity contribution in [2.45, 2.75) is 19.0 Å². The van der Waals surface area contributed by atoms with Crippen LogP contribution in [0.3, 0.4) is 0 Å². The molecule has 142 valence electrons. The van der Waals surface area contributed by atoms with Gasteiger partial charge in [0, 0.05) is 38.1 Å². The zero-order chi connectivity index (χ0) is 18.9. The van der Waals surface area contributed by atoms with E-state index in [-0.39, 0.29) is 11.9 Å². The summed E-state index contributed by atoms with van der Waals surface area (Å²) in [6.45, 7) is 3.78. The molecule has 3 aromatic rings. The molecule has 1 fully saturated rings. The Kier molecular flexibility index (Phi) is 4.41. The topological polar surface area (TPSA) is 61.4 Å². The number of anilines is 1. The van der Waals surface area contributed by atoms with Gasteiger partial charge < -0.3 is 15.1 Å². The van der Waals surface area contributed by atoms with E-state index in [0.29, 0.717) is 0 Å². The van der Waals surface area contributed by atoms with Gasteiger partial charge in [-0.1, -0.05) is 36.4 Å². The smallest absolute Gasteiger partial charge is 0.240 e. The summed E-state index contributed by atoms with van der Waals surface area (Å²) in [4.78, 5) is 26.2. The molecular formula is C22H23N5O. The monoisotopic (exact) mass is 373 g/mol. The number of carbonyl (C=O) groups is 1. The minimum atomic E-state index is -0.124. The number of nitrogens with zero attached hydrogens (tertiary/aromatic N) is 4. The Bertz CT molecular complexity index is 1010. The molecule has 6 heteroatoms. The van der Waals surface area contributed by atoms with Crippen LogP contribution in [0.5, 0.6) is 0 Å². The summed E-state index contributed by atoms with van der Waals surface area (Å²) in [5.41, 5.74) is 3.54. The molecule has 0 bridgehead atoms. The molecule has 1 aromatic heterocycles. The highest BCUT2D eigenvalue weighted by atomic mass is 16.2. The molecule has 1 unspecified atom stereocenters. The molecule has 2 aromatic carbocycles. The van der Waals surface area contributed by atoms with Crippen LogP contribution in [0.1, 0.15) is 11.1 Å². The van der Waals surface area contributed by atoms with Crippen molar-refractivity contribution in [1.29, 1.82) is 0 Å². The van der Waals surface area contributed by atoms with E-state index in [0.717, 1.165) is 55.9 Å². The molecule has 0 radical (unpaired) electrons. The molecule has 3 heterocycles. The van der Waals surface area contributed by atoms with Crippen LogP contribution in [-0.4, -0.2) is 53.0 Å². The highest BCUT2D eigenvalue weighted by Crippen LogP contribution is 2.24. The number of amides is 1. The molecule has 0 aliphatic carbocycles. The Balaban J connectivity index is 1.27. The molecule has 2 aliphatic rings. The molecule has 2 aliphatic heterocycles. The minimum absolute atomic E-state index is 0.124. The molecule has 28 heavy (non-hydrogen) atoms. The maximum Gasteiger partial charge on any atom is 0.240 e. The molecular weight excluding hydrogens is 350 g/mol. The number of piperazine rings is 1. The summed E-state index contributed by atoms with van der Waals surface area (Å²) >= 11 is 0. The van der Waals surface area contributed by atoms with Crippen LogP contribution in [-0.2, 0) is 17.8 Å². The lowest BCUT2D eigenvalue weighted by Crippen LogP contribution is -2.55. The number of aromatic nitrogens is 2. The second-order valence-electron chi connectivity index (χ2n) is 7.43. The van der Waals surface area contributed by atoms with Crippen LogP contribution in [0, 0.1) is 0 Å². The zero-order valence-corrected chi connectivity index (χ0v) is 15.7. The minimum Gasteiger partial charge on any atom is -0.352 e. The number of para-hydroxylation sites is 1. The fourth-order valence-electron chi connectivity index (χ4n) is 4.23. The molecule has 1 saturated heterocycles. The van der Waals surface area contributed by atoms with Crippen LogP contribution in [0.15, 0.2) is 54.9 Å². The summed E-state index contributed by atoms with van der Waals surface area (Å²) in [6, 6.07) is 16.3. The standard InChI is InChI=1S/C22H23N5O/c28-22(20-13-16-5-1-2-6-17(16)14-23-20)27-11-9-26(10-12-27)21-18-7-3-4-8-19(18)24-15-25-21/h1-8,15,20,23H,9-14H2. The first kappa shape index (κ1) is 17.1. The summed E-state index contributed by atoms with van der Waals surface area (Å²) in [5.74, 6) is 1.17. The molecule has 0 saturated carbocycles. The Labute approximate surface area is 164 Å². The first-order valence-electron chi connectivity index (χ1n) is 9.83. The SMILES string of the molecule is O=C(C1Cc2ccccc2CN1)N1CCN(c2ncnc3ccccc23)CC1. The van der Waals surface area contributed by atoms with Crippen molar-refractivity contribution in [3.8, 4) is 0 Å². The van der Waals surface area contributed by atoms with Crippen molar-refractivity contribution in [2.75, 3.05) is 31.1 Å². The highest BCUT2D eigenvalue weighted by molar-refractivity contribution is 5.89. The largest absolute Gasteiger partial charge is 0.352 e. The van der Waals surface area contributed by atoms with Crippen molar-refractivity contribution >= 4 is 22.6 Å². The summed E-state index contributed by atoms with van der Waals surface area (Å²) in [5, 5.41) is 4.48. The van der Waals surface area contributed by atoms with Gasteiger partial charge >= 0.3 is 0 Å². The quantitative estimate of drug-likeness (QED) is 0.744. The van der Waals surface area contributed by atoms with Crippen molar-refractivity contribution in [1.82, 2.24) is 20.2 Å². The van der Waals surface area contributed by atoms with Crippen LogP contribution in [0.2, 0.25) is 0 Å². The van der Waals surface area contributed by atoms with E-state index in [9.17, 15) is 4.79 Å². The van der Waals surface area contributed by atoms with Crippen molar-refractivity contribution < 1.29 is 4.79 Å². The number of carbonyl (C=O) groups excluding carboxylic acids is 1. The van der Waals surface area contributed by atoms with E-state index in [1.807, 2.05) is 23.1 Å². The van der Waals surface area contributed by atoms with Gasteiger partial charge in [0.15, 0.2) is 0 Å². The van der Waals surface area contributed by atoms with E-state index in [1.54, 1.807) is 6.33 Å². The van der Waals surface area contributed by atoms with Gasteiger partial charge in [0.1, 0.15) is 12.1 Å². The average molecular weight is 373 g/mol. The third-order valence-electron chi connectivity index (χ3n) is 5.79. The molecule has 0 spiro atoms. The summed E-state index contributed by atoms with van der Waals surface area (Å²) in [7, 11) is 0. The third-order valence-corrected chi connectivity index (χ3v) is 5.79. The summed E-state index contributed by atoms with van der Waals surface area (Å²) in [6.07, 6.45) is 2.39.